The number of benzene rings is 1. The predicted molar refractivity (Wildman–Crippen MR) is 101 cm³/mol. The first kappa shape index (κ1) is 17.4. The zero-order valence-corrected chi connectivity index (χ0v) is 16.5. The molecule has 120 valence electrons. The molecule has 1 heterocycles. The highest BCUT2D eigenvalue weighted by molar-refractivity contribution is 7.99. The standard InChI is InChI=1S/C19H29NSSi/c1-15(2)22(16(3)4,17(5)6)20-13-12-19(14-20)21-18-10-8-7-9-11-18/h7-17H,1-6H3. The first-order valence-electron chi connectivity index (χ1n) is 8.30. The average Bonchev–Trinajstić information content (AvgIpc) is 2.88. The summed E-state index contributed by atoms with van der Waals surface area (Å²) in [5.41, 5.74) is 2.19. The van der Waals surface area contributed by atoms with E-state index in [1.54, 1.807) is 0 Å². The summed E-state index contributed by atoms with van der Waals surface area (Å²) in [5, 5.41) is 0. The molecule has 0 aliphatic carbocycles. The van der Waals surface area contributed by atoms with Crippen molar-refractivity contribution in [2.24, 2.45) is 0 Å². The SMILES string of the molecule is CC(C)[Si](C(C)C)(C(C)C)n1ccc(Sc2ccccc2)c1. The molecule has 22 heavy (non-hydrogen) atoms. The third kappa shape index (κ3) is 3.20. The van der Waals surface area contributed by atoms with Crippen LogP contribution in [0.3, 0.4) is 0 Å². The van der Waals surface area contributed by atoms with Crippen molar-refractivity contribution < 1.29 is 0 Å². The Bertz CT molecular complexity index is 565. The van der Waals surface area contributed by atoms with Crippen LogP contribution in [0.5, 0.6) is 0 Å². The van der Waals surface area contributed by atoms with Crippen molar-refractivity contribution >= 4 is 20.0 Å². The molecule has 2 rings (SSSR count). The van der Waals surface area contributed by atoms with Crippen molar-refractivity contribution in [3.8, 4) is 0 Å². The molecule has 1 nitrogen and oxygen atoms in total. The molecule has 0 radical (unpaired) electrons. The fourth-order valence-electron chi connectivity index (χ4n) is 4.20. The lowest BCUT2D eigenvalue weighted by atomic mass is 10.4. The first-order valence-corrected chi connectivity index (χ1v) is 11.3. The zero-order valence-electron chi connectivity index (χ0n) is 14.7. The summed E-state index contributed by atoms with van der Waals surface area (Å²) in [4.78, 5) is 2.66. The van der Waals surface area contributed by atoms with Gasteiger partial charge in [0.25, 0.3) is 0 Å². The number of hydrogen-bond acceptors (Lipinski definition) is 1. The van der Waals surface area contributed by atoms with E-state index in [0.29, 0.717) is 0 Å². The molecule has 2 aromatic rings. The van der Waals surface area contributed by atoms with Crippen molar-refractivity contribution in [3.05, 3.63) is 48.8 Å². The van der Waals surface area contributed by atoms with E-state index in [-0.39, 0.29) is 0 Å². The van der Waals surface area contributed by atoms with Gasteiger partial charge in [0, 0.05) is 16.0 Å². The van der Waals surface area contributed by atoms with Gasteiger partial charge in [-0.2, -0.15) is 0 Å². The molecule has 0 spiro atoms. The highest BCUT2D eigenvalue weighted by atomic mass is 32.2. The van der Waals surface area contributed by atoms with Gasteiger partial charge >= 0.3 is 0 Å². The smallest absolute Gasteiger partial charge is 0.168 e. The first-order chi connectivity index (χ1) is 10.4. The quantitative estimate of drug-likeness (QED) is 0.535. The Balaban J connectivity index is 2.35. The van der Waals surface area contributed by atoms with Crippen LogP contribution >= 0.6 is 11.8 Å². The molecule has 0 aliphatic rings. The van der Waals surface area contributed by atoms with E-state index in [1.165, 1.54) is 9.79 Å². The van der Waals surface area contributed by atoms with Crippen LogP contribution in [0.1, 0.15) is 41.5 Å². The lowest BCUT2D eigenvalue weighted by Gasteiger charge is -2.44. The summed E-state index contributed by atoms with van der Waals surface area (Å²) < 4.78 is 2.61. The van der Waals surface area contributed by atoms with E-state index >= 15 is 0 Å². The molecular formula is C19H29NSSi. The third-order valence-corrected chi connectivity index (χ3v) is 12.6. The van der Waals surface area contributed by atoms with Crippen molar-refractivity contribution in [2.45, 2.75) is 68.0 Å². The van der Waals surface area contributed by atoms with E-state index in [0.717, 1.165) is 16.6 Å². The van der Waals surface area contributed by atoms with Crippen LogP contribution in [0, 0.1) is 0 Å². The average molecular weight is 332 g/mol. The monoisotopic (exact) mass is 331 g/mol. The van der Waals surface area contributed by atoms with E-state index in [2.05, 4.69) is 94.6 Å². The molecule has 0 bridgehead atoms. The fraction of sp³-hybridized carbons (Fsp3) is 0.474. The minimum atomic E-state index is -1.60. The molecule has 0 unspecified atom stereocenters. The second-order valence-corrected chi connectivity index (χ2v) is 13.9. The van der Waals surface area contributed by atoms with Gasteiger partial charge in [-0.25, -0.2) is 0 Å². The van der Waals surface area contributed by atoms with Crippen LogP contribution in [0.2, 0.25) is 16.6 Å². The molecule has 3 heteroatoms. The summed E-state index contributed by atoms with van der Waals surface area (Å²) >= 11 is 1.86. The molecule has 0 saturated heterocycles. The van der Waals surface area contributed by atoms with E-state index in [9.17, 15) is 0 Å². The molecule has 0 fully saturated rings. The van der Waals surface area contributed by atoms with Crippen LogP contribution in [0.4, 0.5) is 0 Å². The van der Waals surface area contributed by atoms with Crippen molar-refractivity contribution in [2.75, 3.05) is 0 Å². The van der Waals surface area contributed by atoms with Crippen molar-refractivity contribution in [1.82, 2.24) is 4.23 Å². The van der Waals surface area contributed by atoms with Crippen molar-refractivity contribution in [3.63, 3.8) is 0 Å². The Morgan fingerprint density at radius 3 is 1.82 bits per heavy atom. The van der Waals surface area contributed by atoms with Gasteiger partial charge in [0.05, 0.1) is 0 Å². The van der Waals surface area contributed by atoms with Gasteiger partial charge in [0.1, 0.15) is 0 Å². The maximum atomic E-state index is 2.61. The van der Waals surface area contributed by atoms with Gasteiger partial charge < -0.3 is 4.23 Å². The number of nitrogens with zero attached hydrogens (tertiary/aromatic N) is 1. The maximum absolute atomic E-state index is 2.61. The molecule has 1 aromatic heterocycles. The van der Waals surface area contributed by atoms with Crippen molar-refractivity contribution in [1.29, 1.82) is 0 Å². The van der Waals surface area contributed by atoms with Gasteiger partial charge in [0.2, 0.25) is 0 Å². The Kier molecular flexibility index (Phi) is 5.62. The molecule has 0 N–H and O–H groups in total. The Morgan fingerprint density at radius 1 is 0.773 bits per heavy atom. The van der Waals surface area contributed by atoms with Crippen LogP contribution in [-0.4, -0.2) is 12.5 Å². The summed E-state index contributed by atoms with van der Waals surface area (Å²) in [5.74, 6) is 0. The number of rotatable bonds is 6. The van der Waals surface area contributed by atoms with Crippen LogP contribution in [0.15, 0.2) is 58.6 Å². The largest absolute Gasteiger partial charge is 0.379 e. The predicted octanol–water partition coefficient (Wildman–Crippen LogP) is 6.66. The number of hydrogen-bond donors (Lipinski definition) is 0. The van der Waals surface area contributed by atoms with E-state index < -0.39 is 8.24 Å². The highest BCUT2D eigenvalue weighted by Crippen LogP contribution is 2.43. The molecule has 0 aliphatic heterocycles. The lowest BCUT2D eigenvalue weighted by molar-refractivity contribution is 0.764. The summed E-state index contributed by atoms with van der Waals surface area (Å²) in [6, 6.07) is 12.9. The molecule has 0 saturated carbocycles. The van der Waals surface area contributed by atoms with Crippen LogP contribution < -0.4 is 0 Å². The molecular weight excluding hydrogens is 302 g/mol. The summed E-state index contributed by atoms with van der Waals surface area (Å²) in [6.07, 6.45) is 4.72. The molecule has 0 amide bonds. The van der Waals surface area contributed by atoms with Gasteiger partial charge in [-0.15, -0.1) is 0 Å². The van der Waals surface area contributed by atoms with Gasteiger partial charge in [-0.05, 0) is 41.0 Å². The summed E-state index contributed by atoms with van der Waals surface area (Å²) in [7, 11) is -1.60. The maximum Gasteiger partial charge on any atom is 0.168 e. The van der Waals surface area contributed by atoms with E-state index in [1.807, 2.05) is 11.8 Å². The Labute approximate surface area is 141 Å². The topological polar surface area (TPSA) is 4.93 Å². The van der Waals surface area contributed by atoms with Gasteiger partial charge in [0.15, 0.2) is 8.24 Å². The second kappa shape index (κ2) is 7.09. The second-order valence-electron chi connectivity index (χ2n) is 7.02. The number of aromatic nitrogens is 1. The Morgan fingerprint density at radius 2 is 1.32 bits per heavy atom. The highest BCUT2D eigenvalue weighted by Gasteiger charge is 2.44. The Hall–Kier alpha value is -0.933. The van der Waals surface area contributed by atoms with Crippen LogP contribution in [0.25, 0.3) is 0 Å². The lowest BCUT2D eigenvalue weighted by Crippen LogP contribution is -2.51. The zero-order chi connectivity index (χ0) is 16.3. The van der Waals surface area contributed by atoms with Crippen LogP contribution in [-0.2, 0) is 0 Å². The van der Waals surface area contributed by atoms with Gasteiger partial charge in [-0.3, -0.25) is 0 Å². The molecule has 0 atom stereocenters. The fourth-order valence-corrected chi connectivity index (χ4v) is 11.6. The van der Waals surface area contributed by atoms with Gasteiger partial charge in [-0.1, -0.05) is 71.5 Å². The summed E-state index contributed by atoms with van der Waals surface area (Å²) in [6.45, 7) is 14.5. The van der Waals surface area contributed by atoms with E-state index in [4.69, 9.17) is 0 Å². The molecule has 1 aromatic carbocycles. The minimum absolute atomic E-state index is 0.731. The minimum Gasteiger partial charge on any atom is -0.379 e. The normalized spacial score (nSPS) is 12.6. The third-order valence-electron chi connectivity index (χ3n) is 4.87.